The monoisotopic (exact) mass is 961 g/mol. The van der Waals surface area contributed by atoms with Crippen molar-refractivity contribution in [3.05, 3.63) is 0 Å². The molecule has 3 aliphatic heterocycles. The van der Waals surface area contributed by atoms with Crippen molar-refractivity contribution >= 4 is 5.97 Å². The van der Waals surface area contributed by atoms with Gasteiger partial charge in [-0.15, -0.1) is 0 Å². The summed E-state index contributed by atoms with van der Waals surface area (Å²) in [6.45, 7) is 13.2. The van der Waals surface area contributed by atoms with E-state index in [1.807, 2.05) is 0 Å². The van der Waals surface area contributed by atoms with Crippen LogP contribution in [0.2, 0.25) is 0 Å². The zero-order valence-corrected chi connectivity index (χ0v) is 40.0. The zero-order chi connectivity index (χ0) is 49.1. The van der Waals surface area contributed by atoms with Crippen LogP contribution < -0.4 is 0 Å². The van der Waals surface area contributed by atoms with Crippen LogP contribution in [-0.4, -0.2) is 191 Å². The summed E-state index contributed by atoms with van der Waals surface area (Å²) in [6.07, 6.45) is -16.8. The number of carbonyl (C=O) groups is 1. The normalized spacial score (nSPS) is 54.3. The molecule has 5 saturated carbocycles. The maximum absolute atomic E-state index is 14.7. The highest BCUT2D eigenvalue weighted by Gasteiger charge is 2.73. The Morgan fingerprint density at radius 3 is 1.70 bits per heavy atom. The van der Waals surface area contributed by atoms with E-state index in [9.17, 15) is 66.1 Å². The van der Waals surface area contributed by atoms with Crippen molar-refractivity contribution in [2.75, 3.05) is 19.8 Å². The molecule has 0 amide bonds. The fraction of sp³-hybridized carbons (Fsp3) is 0.979. The Morgan fingerprint density at radius 2 is 1.12 bits per heavy atom. The topological polar surface area (TPSA) is 315 Å². The number of rotatable bonds is 10. The van der Waals surface area contributed by atoms with Gasteiger partial charge in [-0.1, -0.05) is 34.6 Å². The van der Waals surface area contributed by atoms with Crippen LogP contribution in [0.3, 0.4) is 0 Å². The summed E-state index contributed by atoms with van der Waals surface area (Å²) >= 11 is 0. The van der Waals surface area contributed by atoms with Gasteiger partial charge in [0.1, 0.15) is 73.2 Å². The zero-order valence-electron chi connectivity index (χ0n) is 40.0. The molecule has 0 aromatic rings. The van der Waals surface area contributed by atoms with Crippen LogP contribution in [0.15, 0.2) is 0 Å². The molecule has 0 unspecified atom stereocenters. The maximum atomic E-state index is 14.7. The summed E-state index contributed by atoms with van der Waals surface area (Å²) in [5, 5.41) is 127. The van der Waals surface area contributed by atoms with Crippen molar-refractivity contribution in [3.63, 3.8) is 0 Å². The summed E-state index contributed by atoms with van der Waals surface area (Å²) < 4.78 is 36.1. The molecule has 8 rings (SSSR count). The average Bonchev–Trinajstić information content (AvgIpc) is 3.69. The second kappa shape index (κ2) is 18.4. The summed E-state index contributed by atoms with van der Waals surface area (Å²) in [5.74, 6) is -0.631. The van der Waals surface area contributed by atoms with Crippen molar-refractivity contribution in [2.24, 2.45) is 56.7 Å². The van der Waals surface area contributed by atoms with E-state index in [4.69, 9.17) is 28.4 Å². The lowest BCUT2D eigenvalue weighted by molar-refractivity contribution is -0.378. The molecule has 12 N–H and O–H groups in total. The summed E-state index contributed by atoms with van der Waals surface area (Å²) in [7, 11) is 0. The molecule has 67 heavy (non-hydrogen) atoms. The molecule has 386 valence electrons. The van der Waals surface area contributed by atoms with Crippen LogP contribution in [0.25, 0.3) is 0 Å². The van der Waals surface area contributed by atoms with Crippen LogP contribution in [0, 0.1) is 56.7 Å². The minimum Gasteiger partial charge on any atom is -0.432 e. The van der Waals surface area contributed by atoms with E-state index in [2.05, 4.69) is 34.6 Å². The first-order valence-electron chi connectivity index (χ1n) is 24.7. The Bertz CT molecular complexity index is 1760. The van der Waals surface area contributed by atoms with E-state index < -0.39 is 140 Å². The van der Waals surface area contributed by atoms with Crippen molar-refractivity contribution < 1.29 is 94.5 Å². The van der Waals surface area contributed by atoms with Gasteiger partial charge >= 0.3 is 5.97 Å². The molecule has 0 bridgehead atoms. The van der Waals surface area contributed by atoms with Gasteiger partial charge in [-0.2, -0.15) is 0 Å². The molecule has 3 saturated heterocycles. The van der Waals surface area contributed by atoms with E-state index >= 15 is 0 Å². The lowest BCUT2D eigenvalue weighted by Crippen LogP contribution is -2.68. The third-order valence-electron chi connectivity index (χ3n) is 20.0. The highest BCUT2D eigenvalue weighted by atomic mass is 16.8. The second-order valence-electron chi connectivity index (χ2n) is 23.7. The van der Waals surface area contributed by atoms with Gasteiger partial charge in [0.15, 0.2) is 12.6 Å². The highest BCUT2D eigenvalue weighted by Crippen LogP contribution is 2.78. The smallest absolute Gasteiger partial charge is 0.314 e. The third kappa shape index (κ3) is 8.08. The number of esters is 1. The van der Waals surface area contributed by atoms with E-state index in [1.54, 1.807) is 13.8 Å². The molecule has 0 aromatic heterocycles. The first-order valence-corrected chi connectivity index (χ1v) is 24.7. The van der Waals surface area contributed by atoms with E-state index in [0.717, 1.165) is 32.1 Å². The quantitative estimate of drug-likeness (QED) is 0.0941. The number of ether oxygens (including phenoxy) is 6. The number of carbonyl (C=O) groups excluding carboxylic acids is 1. The fourth-order valence-electron chi connectivity index (χ4n) is 16.1. The Balaban J connectivity index is 1.03. The molecule has 5 aliphatic carbocycles. The van der Waals surface area contributed by atoms with Crippen LogP contribution in [0.5, 0.6) is 0 Å². The van der Waals surface area contributed by atoms with Gasteiger partial charge in [0.25, 0.3) is 0 Å². The molecule has 19 nitrogen and oxygen atoms in total. The summed E-state index contributed by atoms with van der Waals surface area (Å²) in [5.41, 5.74) is -3.23. The number of aliphatic hydroxyl groups excluding tert-OH is 11. The van der Waals surface area contributed by atoms with Gasteiger partial charge in [-0.25, -0.2) is 0 Å². The van der Waals surface area contributed by atoms with E-state index in [0.29, 0.717) is 32.1 Å². The van der Waals surface area contributed by atoms with Crippen molar-refractivity contribution in [1.82, 2.24) is 0 Å². The van der Waals surface area contributed by atoms with Gasteiger partial charge in [0, 0.05) is 0 Å². The van der Waals surface area contributed by atoms with Crippen molar-refractivity contribution in [1.29, 1.82) is 0 Å². The first kappa shape index (κ1) is 52.1. The minimum atomic E-state index is -1.79. The molecule has 19 heteroatoms. The van der Waals surface area contributed by atoms with Gasteiger partial charge in [-0.3, -0.25) is 4.79 Å². The lowest BCUT2D eigenvalue weighted by Gasteiger charge is -2.73. The molecule has 0 aromatic carbocycles. The molecule has 0 spiro atoms. The largest absolute Gasteiger partial charge is 0.432 e. The average molecular weight is 961 g/mol. The molecular weight excluding hydrogens is 881 g/mol. The number of hydrogen-bond donors (Lipinski definition) is 12. The molecule has 8 fully saturated rings. The number of fused-ring (bicyclic) bond motifs is 7. The minimum absolute atomic E-state index is 0.0296. The van der Waals surface area contributed by atoms with Crippen molar-refractivity contribution in [3.8, 4) is 0 Å². The first-order chi connectivity index (χ1) is 31.3. The molecule has 3 heterocycles. The lowest BCUT2D eigenvalue weighted by atomic mass is 9.32. The SMILES string of the molecule is CC(C)(O)[C@@H]1CC[C@]2(C(=O)O[C@@H]3O[C@H](CO)[C@@H](O)[C@H](O)[C@H]3O)CC[C@]3(C)[C@H](CC[C@@H]4[C@]5(C)CC[C@H](O[C@@H]6O[C@H](CO)[C@@H](O)[C@H](O)[C@H]6O[C@@H]6O[C@H](CO)[C@@H](O)[C@H](O)[C@H]6O)C(C)(C)[C@@H]5CC[C@]43C)[C@H]12. The van der Waals surface area contributed by atoms with Crippen LogP contribution in [-0.2, 0) is 33.2 Å². The van der Waals surface area contributed by atoms with Gasteiger partial charge in [-0.05, 0) is 129 Å². The summed E-state index contributed by atoms with van der Waals surface area (Å²) in [6, 6.07) is 0. The van der Waals surface area contributed by atoms with Gasteiger partial charge in [0.05, 0.1) is 36.9 Å². The fourth-order valence-corrected chi connectivity index (χ4v) is 16.1. The standard InChI is InChI=1S/C48H80O19/c1-43(2)26-11-14-47(7)27(45(26,5)13-12-28(43)65-41-38(35(57)32(54)25(20-51)64-41)66-39-36(58)33(55)30(52)23(18-49)62-39)9-8-22-29-21(44(3,4)61)10-15-48(29,17-16-46(22,47)6)42(60)67-40-37(59)34(56)31(53)24(19-50)63-40/h21-41,49-59,61H,8-20H2,1-7H3/t21-,22-,23-,24-,25-,26+,27-,28+,29+,30-,31-,32-,33+,34+,35+,36-,37-,38-,39+,40+,41+,45-,46-,47-,48+/m1/s1. The Hall–Kier alpha value is -1.21. The predicted octanol–water partition coefficient (Wildman–Crippen LogP) is -0.809. The predicted molar refractivity (Wildman–Crippen MR) is 232 cm³/mol. The van der Waals surface area contributed by atoms with Crippen LogP contribution in [0.4, 0.5) is 0 Å². The number of hydrogen-bond acceptors (Lipinski definition) is 19. The highest BCUT2D eigenvalue weighted by molar-refractivity contribution is 5.78. The Labute approximate surface area is 392 Å². The van der Waals surface area contributed by atoms with Crippen LogP contribution in [0.1, 0.15) is 113 Å². The Kier molecular flexibility index (Phi) is 14.3. The molecule has 8 aliphatic rings. The van der Waals surface area contributed by atoms with Gasteiger partial charge < -0.3 is 89.7 Å². The molecular formula is C48H80O19. The third-order valence-corrected chi connectivity index (χ3v) is 20.0. The van der Waals surface area contributed by atoms with E-state index in [1.165, 1.54) is 0 Å². The number of aliphatic hydroxyl groups is 12. The summed E-state index contributed by atoms with van der Waals surface area (Å²) in [4.78, 5) is 14.7. The van der Waals surface area contributed by atoms with Crippen molar-refractivity contribution in [2.45, 2.75) is 216 Å². The maximum Gasteiger partial charge on any atom is 0.314 e. The van der Waals surface area contributed by atoms with Gasteiger partial charge in [0.2, 0.25) is 6.29 Å². The molecule has 0 radical (unpaired) electrons. The second-order valence-corrected chi connectivity index (χ2v) is 23.7. The van der Waals surface area contributed by atoms with E-state index in [-0.39, 0.29) is 45.8 Å². The van der Waals surface area contributed by atoms with Crippen LogP contribution >= 0.6 is 0 Å². The molecule has 25 atom stereocenters. The Morgan fingerprint density at radius 1 is 0.567 bits per heavy atom.